The van der Waals surface area contributed by atoms with Gasteiger partial charge in [0, 0.05) is 17.0 Å². The van der Waals surface area contributed by atoms with Crippen molar-refractivity contribution in [3.05, 3.63) is 45.3 Å². The van der Waals surface area contributed by atoms with E-state index < -0.39 is 0 Å². The van der Waals surface area contributed by atoms with Crippen LogP contribution in [0.1, 0.15) is 18.5 Å². The number of fused-ring (bicyclic) bond motifs is 1. The number of aromatic amines is 1. The first-order chi connectivity index (χ1) is 13.5. The van der Waals surface area contributed by atoms with Gasteiger partial charge in [-0.2, -0.15) is 0 Å². The van der Waals surface area contributed by atoms with E-state index in [9.17, 15) is 9.59 Å². The lowest BCUT2D eigenvalue weighted by molar-refractivity contribution is 0.181. The summed E-state index contributed by atoms with van der Waals surface area (Å²) in [4.78, 5) is 32.9. The van der Waals surface area contributed by atoms with E-state index in [0.29, 0.717) is 45.1 Å². The van der Waals surface area contributed by atoms with E-state index in [0.717, 1.165) is 5.39 Å². The molecule has 1 aromatic carbocycles. The molecule has 1 amide bonds. The van der Waals surface area contributed by atoms with Crippen molar-refractivity contribution in [2.24, 2.45) is 0 Å². The fourth-order valence-corrected chi connectivity index (χ4v) is 4.19. The molecular weight excluding hydrogens is 404 g/mol. The lowest BCUT2D eigenvalue weighted by Crippen LogP contribution is -2.22. The second-order valence-electron chi connectivity index (χ2n) is 6.26. The maximum atomic E-state index is 12.6. The highest BCUT2D eigenvalue weighted by molar-refractivity contribution is 7.19. The number of pyridine rings is 1. The van der Waals surface area contributed by atoms with Crippen LogP contribution in [0.2, 0.25) is 5.02 Å². The summed E-state index contributed by atoms with van der Waals surface area (Å²) in [6, 6.07) is 4.94. The van der Waals surface area contributed by atoms with Crippen molar-refractivity contribution in [2.45, 2.75) is 13.0 Å². The Hall–Kier alpha value is -2.78. The molecule has 1 aliphatic heterocycles. The minimum Gasteiger partial charge on any atom is -0.495 e. The molecule has 0 aliphatic carbocycles. The van der Waals surface area contributed by atoms with Crippen molar-refractivity contribution in [2.75, 3.05) is 30.5 Å². The summed E-state index contributed by atoms with van der Waals surface area (Å²) >= 11 is 7.52. The molecule has 4 rings (SSSR count). The Morgan fingerprint density at radius 3 is 2.93 bits per heavy atom. The normalized spacial score (nSPS) is 15.0. The van der Waals surface area contributed by atoms with Crippen LogP contribution in [0.3, 0.4) is 0 Å². The number of nitrogens with one attached hydrogen (secondary N) is 2. The predicted octanol–water partition coefficient (Wildman–Crippen LogP) is 3.78. The van der Waals surface area contributed by atoms with Crippen molar-refractivity contribution >= 4 is 50.1 Å². The van der Waals surface area contributed by atoms with Crippen LogP contribution in [0.25, 0.3) is 10.9 Å². The van der Waals surface area contributed by atoms with E-state index in [1.165, 1.54) is 23.3 Å². The number of carbonyl (C=O) groups is 1. The minimum atomic E-state index is -0.374. The van der Waals surface area contributed by atoms with Gasteiger partial charge < -0.3 is 19.8 Å². The summed E-state index contributed by atoms with van der Waals surface area (Å²) in [5.74, 6) is 0.500. The Morgan fingerprint density at radius 2 is 2.21 bits per heavy atom. The molecule has 0 radical (unpaired) electrons. The lowest BCUT2D eigenvalue weighted by atomic mass is 10.1. The number of rotatable bonds is 5. The first-order valence-electron chi connectivity index (χ1n) is 8.53. The van der Waals surface area contributed by atoms with Gasteiger partial charge in [-0.3, -0.25) is 9.69 Å². The molecule has 0 saturated carbocycles. The molecule has 10 heteroatoms. The summed E-state index contributed by atoms with van der Waals surface area (Å²) in [7, 11) is 1.52. The molecule has 0 unspecified atom stereocenters. The third kappa shape index (κ3) is 3.38. The average molecular weight is 421 g/mol. The van der Waals surface area contributed by atoms with Crippen LogP contribution in [0.4, 0.5) is 14.9 Å². The first kappa shape index (κ1) is 18.6. The van der Waals surface area contributed by atoms with E-state index in [-0.39, 0.29) is 17.7 Å². The molecule has 0 bridgehead atoms. The number of hydrogen-bond donors (Lipinski definition) is 2. The summed E-state index contributed by atoms with van der Waals surface area (Å²) in [5.41, 5.74) is 0.981. The summed E-state index contributed by atoms with van der Waals surface area (Å²) in [6.07, 6.45) is 1.24. The van der Waals surface area contributed by atoms with Crippen LogP contribution in [0.5, 0.6) is 5.75 Å². The second-order valence-corrected chi connectivity index (χ2v) is 7.68. The number of cyclic esters (lactones) is 1. The molecule has 0 spiro atoms. The van der Waals surface area contributed by atoms with Gasteiger partial charge in [0.25, 0.3) is 5.56 Å². The van der Waals surface area contributed by atoms with Crippen molar-refractivity contribution in [3.63, 3.8) is 0 Å². The van der Waals surface area contributed by atoms with E-state index in [2.05, 4.69) is 15.3 Å². The minimum absolute atomic E-state index is 0.211. The van der Waals surface area contributed by atoms with Crippen LogP contribution in [0, 0.1) is 0 Å². The number of carbonyl (C=O) groups excluding carboxylic acids is 1. The molecule has 28 heavy (non-hydrogen) atoms. The van der Waals surface area contributed by atoms with Gasteiger partial charge in [-0.05, 0) is 19.1 Å². The highest BCUT2D eigenvalue weighted by atomic mass is 35.5. The maximum Gasteiger partial charge on any atom is 0.415 e. The van der Waals surface area contributed by atoms with Gasteiger partial charge in [-0.25, -0.2) is 9.78 Å². The number of halogens is 1. The van der Waals surface area contributed by atoms with Crippen LogP contribution in [0.15, 0.2) is 29.2 Å². The number of aromatic nitrogens is 2. The average Bonchev–Trinajstić information content (AvgIpc) is 3.29. The third-order valence-corrected chi connectivity index (χ3v) is 5.72. The Balaban J connectivity index is 1.59. The number of ether oxygens (including phenoxy) is 2. The molecule has 1 atom stereocenters. The molecule has 2 aromatic heterocycles. The van der Waals surface area contributed by atoms with Crippen molar-refractivity contribution in [3.8, 4) is 5.75 Å². The number of methoxy groups -OCH3 is 1. The standard InChI is InChI=1S/C18H17ClN4O4S/c1-9(21-17-20-8-15(28-17)23-3-4-27-18(23)25)11-5-10-6-12(19)14(26-2)7-13(10)22-16(11)24/h5-9H,3-4H2,1-2H3,(H,20,21)(H,22,24)/t9-/m0/s1. The highest BCUT2D eigenvalue weighted by Gasteiger charge is 2.25. The zero-order valence-electron chi connectivity index (χ0n) is 15.1. The summed E-state index contributed by atoms with van der Waals surface area (Å²) in [6.45, 7) is 2.74. The predicted molar refractivity (Wildman–Crippen MR) is 109 cm³/mol. The van der Waals surface area contributed by atoms with Gasteiger partial charge in [0.1, 0.15) is 17.4 Å². The van der Waals surface area contributed by atoms with E-state index >= 15 is 0 Å². The second kappa shape index (κ2) is 7.33. The number of benzene rings is 1. The largest absolute Gasteiger partial charge is 0.495 e. The van der Waals surface area contributed by atoms with Crippen molar-refractivity contribution in [1.29, 1.82) is 0 Å². The molecule has 1 saturated heterocycles. The maximum absolute atomic E-state index is 12.6. The van der Waals surface area contributed by atoms with Crippen molar-refractivity contribution in [1.82, 2.24) is 9.97 Å². The van der Waals surface area contributed by atoms with Crippen LogP contribution >= 0.6 is 22.9 Å². The molecule has 146 valence electrons. The van der Waals surface area contributed by atoms with Gasteiger partial charge >= 0.3 is 6.09 Å². The van der Waals surface area contributed by atoms with E-state index in [1.54, 1.807) is 24.4 Å². The van der Waals surface area contributed by atoms with E-state index in [4.69, 9.17) is 21.1 Å². The Bertz CT molecular complexity index is 1110. The fraction of sp³-hybridized carbons (Fsp3) is 0.278. The van der Waals surface area contributed by atoms with Gasteiger partial charge in [-0.1, -0.05) is 22.9 Å². The highest BCUT2D eigenvalue weighted by Crippen LogP contribution is 2.32. The number of amides is 1. The van der Waals surface area contributed by atoms with Crippen molar-refractivity contribution < 1.29 is 14.3 Å². The monoisotopic (exact) mass is 420 g/mol. The summed E-state index contributed by atoms with van der Waals surface area (Å²) in [5, 5.41) is 5.78. The van der Waals surface area contributed by atoms with Crippen LogP contribution in [-0.4, -0.2) is 36.3 Å². The Kier molecular flexibility index (Phi) is 4.86. The lowest BCUT2D eigenvalue weighted by Gasteiger charge is -2.14. The molecule has 3 aromatic rings. The molecule has 8 nitrogen and oxygen atoms in total. The number of anilines is 2. The molecule has 2 N–H and O–H groups in total. The molecule has 3 heterocycles. The fourth-order valence-electron chi connectivity index (χ4n) is 3.02. The zero-order valence-corrected chi connectivity index (χ0v) is 16.7. The topological polar surface area (TPSA) is 96.6 Å². The van der Waals surface area contributed by atoms with Crippen LogP contribution in [-0.2, 0) is 4.74 Å². The van der Waals surface area contributed by atoms with Gasteiger partial charge in [0.2, 0.25) is 0 Å². The Labute approximate surface area is 169 Å². The van der Waals surface area contributed by atoms with Gasteiger partial charge in [0.05, 0.1) is 36.4 Å². The number of H-pyrrole nitrogens is 1. The number of nitrogens with zero attached hydrogens (tertiary/aromatic N) is 2. The number of hydrogen-bond acceptors (Lipinski definition) is 7. The van der Waals surface area contributed by atoms with Gasteiger partial charge in [-0.15, -0.1) is 0 Å². The SMILES string of the molecule is COc1cc2[nH]c(=O)c([C@H](C)Nc3ncc(N4CCOC4=O)s3)cc2cc1Cl. The van der Waals surface area contributed by atoms with E-state index in [1.807, 2.05) is 6.92 Å². The number of thiazole rings is 1. The summed E-state index contributed by atoms with van der Waals surface area (Å²) < 4.78 is 10.1. The molecule has 1 aliphatic rings. The molecular formula is C18H17ClN4O4S. The van der Waals surface area contributed by atoms with Gasteiger partial charge in [0.15, 0.2) is 5.13 Å². The quantitative estimate of drug-likeness (QED) is 0.652. The smallest absolute Gasteiger partial charge is 0.415 e. The zero-order chi connectivity index (χ0) is 19.8. The Morgan fingerprint density at radius 1 is 1.39 bits per heavy atom. The first-order valence-corrected chi connectivity index (χ1v) is 9.73. The van der Waals surface area contributed by atoms with Crippen LogP contribution < -0.4 is 20.5 Å². The third-order valence-electron chi connectivity index (χ3n) is 4.47. The molecule has 1 fully saturated rings.